The number of aromatic hydroxyl groups is 1. The van der Waals surface area contributed by atoms with Gasteiger partial charge in [0.2, 0.25) is 5.91 Å². The SMILES string of the molecule is O=C(CCCC(=O)OCCCc1ccccc1)NC(=S)Nc1cc([N+](=O)[O-])ccc1O. The molecule has 3 N–H and O–H groups in total. The molecule has 0 aliphatic rings. The van der Waals surface area contributed by atoms with Crippen molar-refractivity contribution in [2.45, 2.75) is 32.1 Å². The van der Waals surface area contributed by atoms with Crippen LogP contribution in [0, 0.1) is 10.1 Å². The first-order valence-electron chi connectivity index (χ1n) is 9.63. The van der Waals surface area contributed by atoms with Crippen LogP contribution in [0.3, 0.4) is 0 Å². The van der Waals surface area contributed by atoms with Gasteiger partial charge in [-0.05, 0) is 43.1 Å². The predicted molar refractivity (Wildman–Crippen MR) is 119 cm³/mol. The number of esters is 1. The Bertz CT molecular complexity index is 936. The van der Waals surface area contributed by atoms with Gasteiger partial charge in [0, 0.05) is 25.0 Å². The van der Waals surface area contributed by atoms with Gasteiger partial charge in [-0.15, -0.1) is 0 Å². The summed E-state index contributed by atoms with van der Waals surface area (Å²) in [7, 11) is 0. The van der Waals surface area contributed by atoms with Gasteiger partial charge < -0.3 is 20.5 Å². The number of nitro groups is 1. The summed E-state index contributed by atoms with van der Waals surface area (Å²) >= 11 is 4.98. The number of phenols is 1. The fraction of sp³-hybridized carbons (Fsp3) is 0.286. The van der Waals surface area contributed by atoms with Crippen LogP contribution >= 0.6 is 12.2 Å². The molecule has 0 atom stereocenters. The number of rotatable bonds is 10. The number of hydrogen-bond donors (Lipinski definition) is 3. The lowest BCUT2D eigenvalue weighted by Crippen LogP contribution is -2.34. The number of nitro benzene ring substituents is 1. The summed E-state index contributed by atoms with van der Waals surface area (Å²) in [5.41, 5.74) is 0.938. The average molecular weight is 445 g/mol. The zero-order chi connectivity index (χ0) is 22.6. The molecular formula is C21H23N3O6S. The Morgan fingerprint density at radius 2 is 1.84 bits per heavy atom. The summed E-state index contributed by atoms with van der Waals surface area (Å²) in [6.45, 7) is 0.320. The third-order valence-electron chi connectivity index (χ3n) is 4.19. The number of anilines is 1. The number of nitrogens with zero attached hydrogens (tertiary/aromatic N) is 1. The summed E-state index contributed by atoms with van der Waals surface area (Å²) in [6.07, 6.45) is 1.97. The highest BCUT2D eigenvalue weighted by atomic mass is 32.1. The predicted octanol–water partition coefficient (Wildman–Crippen LogP) is 3.46. The Labute approximate surface area is 184 Å². The van der Waals surface area contributed by atoms with Crippen LogP contribution < -0.4 is 10.6 Å². The van der Waals surface area contributed by atoms with Crippen molar-refractivity contribution in [3.05, 3.63) is 64.2 Å². The normalized spacial score (nSPS) is 10.2. The fourth-order valence-electron chi connectivity index (χ4n) is 2.65. The molecule has 2 aromatic carbocycles. The summed E-state index contributed by atoms with van der Waals surface area (Å²) in [4.78, 5) is 33.9. The standard InChI is InChI=1S/C21H23N3O6S/c25-18-12-11-16(24(28)29)14-17(18)22-21(31)23-19(26)9-4-10-20(27)30-13-5-8-15-6-2-1-3-7-15/h1-3,6-7,11-12,14,25H,4-5,8-10,13H2,(H2,22,23,26,31). The zero-order valence-electron chi connectivity index (χ0n) is 16.7. The highest BCUT2D eigenvalue weighted by Crippen LogP contribution is 2.27. The number of hydrogen-bond acceptors (Lipinski definition) is 7. The van der Waals surface area contributed by atoms with E-state index in [2.05, 4.69) is 10.6 Å². The van der Waals surface area contributed by atoms with E-state index in [1.165, 1.54) is 5.56 Å². The first-order valence-corrected chi connectivity index (χ1v) is 10.0. The minimum absolute atomic E-state index is 0.00131. The van der Waals surface area contributed by atoms with E-state index in [-0.39, 0.29) is 47.5 Å². The number of carbonyl (C=O) groups excluding carboxylic acids is 2. The largest absolute Gasteiger partial charge is 0.506 e. The van der Waals surface area contributed by atoms with Crippen molar-refractivity contribution in [2.24, 2.45) is 0 Å². The van der Waals surface area contributed by atoms with Crippen molar-refractivity contribution in [2.75, 3.05) is 11.9 Å². The molecule has 0 spiro atoms. The Morgan fingerprint density at radius 3 is 2.55 bits per heavy atom. The lowest BCUT2D eigenvalue weighted by molar-refractivity contribution is -0.384. The van der Waals surface area contributed by atoms with E-state index in [0.717, 1.165) is 31.0 Å². The maximum atomic E-state index is 11.9. The number of thiocarbonyl (C=S) groups is 1. The highest BCUT2D eigenvalue weighted by molar-refractivity contribution is 7.80. The van der Waals surface area contributed by atoms with E-state index in [1.54, 1.807) is 0 Å². The number of aryl methyl sites for hydroxylation is 1. The molecule has 0 radical (unpaired) electrons. The lowest BCUT2D eigenvalue weighted by Gasteiger charge is -2.10. The number of amides is 1. The summed E-state index contributed by atoms with van der Waals surface area (Å²) in [6, 6.07) is 13.3. The topological polar surface area (TPSA) is 131 Å². The van der Waals surface area contributed by atoms with Crippen molar-refractivity contribution in [3.63, 3.8) is 0 Å². The molecule has 9 nitrogen and oxygen atoms in total. The molecule has 0 aromatic heterocycles. The van der Waals surface area contributed by atoms with Crippen molar-refractivity contribution in [1.29, 1.82) is 0 Å². The van der Waals surface area contributed by atoms with Crippen LogP contribution in [-0.4, -0.2) is 33.6 Å². The summed E-state index contributed by atoms with van der Waals surface area (Å²) in [5.74, 6) is -1.06. The van der Waals surface area contributed by atoms with Gasteiger partial charge in [-0.3, -0.25) is 19.7 Å². The molecule has 0 heterocycles. The van der Waals surface area contributed by atoms with Gasteiger partial charge in [-0.2, -0.15) is 0 Å². The van der Waals surface area contributed by atoms with Crippen molar-refractivity contribution < 1.29 is 24.4 Å². The first-order chi connectivity index (χ1) is 14.8. The molecule has 2 rings (SSSR count). The third kappa shape index (κ3) is 8.79. The maximum Gasteiger partial charge on any atom is 0.305 e. The molecule has 0 aliphatic carbocycles. The molecule has 31 heavy (non-hydrogen) atoms. The van der Waals surface area contributed by atoms with Crippen LogP contribution in [0.15, 0.2) is 48.5 Å². The van der Waals surface area contributed by atoms with Crippen molar-refractivity contribution >= 4 is 40.6 Å². The van der Waals surface area contributed by atoms with Crippen LogP contribution in [0.4, 0.5) is 11.4 Å². The number of phenolic OH excluding ortho intramolecular Hbond substituents is 1. The van der Waals surface area contributed by atoms with Crippen LogP contribution in [0.1, 0.15) is 31.2 Å². The average Bonchev–Trinajstić information content (AvgIpc) is 2.73. The van der Waals surface area contributed by atoms with Gasteiger partial charge in [-0.25, -0.2) is 0 Å². The van der Waals surface area contributed by atoms with Gasteiger partial charge in [0.05, 0.1) is 17.2 Å². The van der Waals surface area contributed by atoms with Crippen LogP contribution in [0.5, 0.6) is 5.75 Å². The minimum atomic E-state index is -0.618. The quantitative estimate of drug-likeness (QED) is 0.127. The molecular weight excluding hydrogens is 422 g/mol. The Morgan fingerprint density at radius 1 is 1.10 bits per heavy atom. The van der Waals surface area contributed by atoms with Gasteiger partial charge in [0.15, 0.2) is 5.11 Å². The van der Waals surface area contributed by atoms with E-state index in [4.69, 9.17) is 17.0 Å². The summed E-state index contributed by atoms with van der Waals surface area (Å²) < 4.78 is 5.16. The number of carbonyl (C=O) groups is 2. The van der Waals surface area contributed by atoms with Crippen LogP contribution in [-0.2, 0) is 20.7 Å². The molecule has 0 saturated carbocycles. The fourth-order valence-corrected chi connectivity index (χ4v) is 2.88. The van der Waals surface area contributed by atoms with Gasteiger partial charge in [0.1, 0.15) is 5.75 Å². The number of benzene rings is 2. The molecule has 1 amide bonds. The zero-order valence-corrected chi connectivity index (χ0v) is 17.5. The Balaban J connectivity index is 1.63. The minimum Gasteiger partial charge on any atom is -0.506 e. The molecule has 2 aromatic rings. The molecule has 0 aliphatic heterocycles. The molecule has 0 fully saturated rings. The first kappa shape index (κ1) is 23.7. The monoisotopic (exact) mass is 445 g/mol. The third-order valence-corrected chi connectivity index (χ3v) is 4.40. The number of non-ortho nitro benzene ring substituents is 1. The van der Waals surface area contributed by atoms with E-state index in [1.807, 2.05) is 30.3 Å². The van der Waals surface area contributed by atoms with Gasteiger partial charge in [-0.1, -0.05) is 30.3 Å². The Kier molecular flexibility index (Phi) is 9.37. The van der Waals surface area contributed by atoms with Gasteiger partial charge in [0.25, 0.3) is 5.69 Å². The molecule has 10 heteroatoms. The lowest BCUT2D eigenvalue weighted by atomic mass is 10.1. The van der Waals surface area contributed by atoms with E-state index in [9.17, 15) is 24.8 Å². The van der Waals surface area contributed by atoms with E-state index >= 15 is 0 Å². The Hall–Kier alpha value is -3.53. The number of ether oxygens (including phenoxy) is 1. The van der Waals surface area contributed by atoms with Crippen molar-refractivity contribution in [3.8, 4) is 5.75 Å². The van der Waals surface area contributed by atoms with E-state index < -0.39 is 10.8 Å². The second kappa shape index (κ2) is 12.2. The van der Waals surface area contributed by atoms with Crippen LogP contribution in [0.25, 0.3) is 0 Å². The van der Waals surface area contributed by atoms with E-state index in [0.29, 0.717) is 6.61 Å². The van der Waals surface area contributed by atoms with Crippen LogP contribution in [0.2, 0.25) is 0 Å². The molecule has 0 saturated heterocycles. The second-order valence-electron chi connectivity index (χ2n) is 6.62. The summed E-state index contributed by atoms with van der Waals surface area (Å²) in [5, 5.41) is 25.4. The van der Waals surface area contributed by atoms with Crippen molar-refractivity contribution in [1.82, 2.24) is 5.32 Å². The smallest absolute Gasteiger partial charge is 0.305 e. The maximum absolute atomic E-state index is 11.9. The number of nitrogens with one attached hydrogen (secondary N) is 2. The highest BCUT2D eigenvalue weighted by Gasteiger charge is 2.13. The molecule has 0 bridgehead atoms. The molecule has 0 unspecified atom stereocenters. The second-order valence-corrected chi connectivity index (χ2v) is 7.03. The molecule has 164 valence electrons. The van der Waals surface area contributed by atoms with Gasteiger partial charge >= 0.3 is 5.97 Å².